The molecule has 2 aromatic carbocycles. The van der Waals surface area contributed by atoms with Crippen molar-refractivity contribution in [3.63, 3.8) is 0 Å². The van der Waals surface area contributed by atoms with E-state index in [9.17, 15) is 14.4 Å². The number of aromatic nitrogens is 2. The van der Waals surface area contributed by atoms with E-state index in [1.807, 2.05) is 24.3 Å². The van der Waals surface area contributed by atoms with Gasteiger partial charge in [-0.1, -0.05) is 15.9 Å². The molecule has 0 aliphatic heterocycles. The number of anilines is 1. The Morgan fingerprint density at radius 2 is 1.73 bits per heavy atom. The number of aromatic amines is 2. The highest BCUT2D eigenvalue weighted by atomic mass is 79.9. The fraction of sp³-hybridized carbons (Fsp3) is 0.118. The van der Waals surface area contributed by atoms with Gasteiger partial charge in [0.2, 0.25) is 11.8 Å². The SMILES string of the molecule is O=C(CSc1ccc(Br)cc1)NCC(=O)Nc1ccc2[nH]c(=O)[nH]c2c1. The van der Waals surface area contributed by atoms with Crippen molar-refractivity contribution in [2.45, 2.75) is 4.90 Å². The number of halogens is 1. The molecule has 0 fully saturated rings. The molecule has 0 radical (unpaired) electrons. The van der Waals surface area contributed by atoms with Gasteiger partial charge in [-0.2, -0.15) is 0 Å². The van der Waals surface area contributed by atoms with Crippen LogP contribution in [0.5, 0.6) is 0 Å². The number of nitrogens with one attached hydrogen (secondary N) is 4. The predicted octanol–water partition coefficient (Wildman–Crippen LogP) is 2.47. The lowest BCUT2D eigenvalue weighted by Gasteiger charge is -2.07. The first-order valence-electron chi connectivity index (χ1n) is 7.66. The van der Waals surface area contributed by atoms with Gasteiger partial charge in [-0.15, -0.1) is 11.8 Å². The molecular weight excluding hydrogens is 420 g/mol. The highest BCUT2D eigenvalue weighted by Gasteiger charge is 2.08. The van der Waals surface area contributed by atoms with Gasteiger partial charge in [0.15, 0.2) is 0 Å². The zero-order chi connectivity index (χ0) is 18.5. The Morgan fingerprint density at radius 1 is 1.00 bits per heavy atom. The van der Waals surface area contributed by atoms with Crippen LogP contribution < -0.4 is 16.3 Å². The molecule has 0 aliphatic carbocycles. The Hall–Kier alpha value is -2.52. The van der Waals surface area contributed by atoms with Gasteiger partial charge < -0.3 is 20.6 Å². The summed E-state index contributed by atoms with van der Waals surface area (Å²) in [7, 11) is 0. The summed E-state index contributed by atoms with van der Waals surface area (Å²) in [4.78, 5) is 41.3. The van der Waals surface area contributed by atoms with Crippen LogP contribution in [0.4, 0.5) is 5.69 Å². The molecule has 9 heteroatoms. The van der Waals surface area contributed by atoms with E-state index in [1.54, 1.807) is 18.2 Å². The number of carbonyl (C=O) groups excluding carboxylic acids is 2. The number of hydrogen-bond acceptors (Lipinski definition) is 4. The molecule has 0 bridgehead atoms. The largest absolute Gasteiger partial charge is 0.346 e. The Morgan fingerprint density at radius 3 is 2.50 bits per heavy atom. The summed E-state index contributed by atoms with van der Waals surface area (Å²) in [5.74, 6) is -0.339. The molecule has 134 valence electrons. The Kier molecular flexibility index (Phi) is 5.79. The van der Waals surface area contributed by atoms with E-state index >= 15 is 0 Å². The number of H-pyrrole nitrogens is 2. The summed E-state index contributed by atoms with van der Waals surface area (Å²) in [5.41, 5.74) is 1.49. The summed E-state index contributed by atoms with van der Waals surface area (Å²) in [6.45, 7) is -0.124. The third-order valence-electron chi connectivity index (χ3n) is 3.43. The van der Waals surface area contributed by atoms with Crippen molar-refractivity contribution < 1.29 is 9.59 Å². The average molecular weight is 435 g/mol. The maximum absolute atomic E-state index is 12.0. The Labute approximate surface area is 161 Å². The summed E-state index contributed by atoms with van der Waals surface area (Å²) in [6.07, 6.45) is 0. The molecule has 2 amide bonds. The zero-order valence-electron chi connectivity index (χ0n) is 13.5. The first-order valence-corrected chi connectivity index (χ1v) is 9.44. The van der Waals surface area contributed by atoms with Crippen molar-refractivity contribution >= 4 is 56.2 Å². The van der Waals surface area contributed by atoms with Crippen LogP contribution in [-0.4, -0.2) is 34.1 Å². The maximum Gasteiger partial charge on any atom is 0.323 e. The zero-order valence-corrected chi connectivity index (χ0v) is 15.9. The van der Waals surface area contributed by atoms with Crippen LogP contribution in [-0.2, 0) is 9.59 Å². The normalized spacial score (nSPS) is 10.7. The lowest BCUT2D eigenvalue weighted by molar-refractivity contribution is -0.122. The maximum atomic E-state index is 12.0. The van der Waals surface area contributed by atoms with Crippen LogP contribution >= 0.6 is 27.7 Å². The highest BCUT2D eigenvalue weighted by Crippen LogP contribution is 2.20. The number of rotatable bonds is 6. The quantitative estimate of drug-likeness (QED) is 0.447. The number of benzene rings is 2. The van der Waals surface area contributed by atoms with Crippen LogP contribution in [0.1, 0.15) is 0 Å². The molecule has 3 aromatic rings. The second kappa shape index (κ2) is 8.24. The molecule has 0 atom stereocenters. The Balaban J connectivity index is 1.45. The lowest BCUT2D eigenvalue weighted by atomic mass is 10.2. The van der Waals surface area contributed by atoms with Crippen LogP contribution in [0.2, 0.25) is 0 Å². The van der Waals surface area contributed by atoms with Crippen molar-refractivity contribution in [3.8, 4) is 0 Å². The van der Waals surface area contributed by atoms with Crippen LogP contribution in [0.15, 0.2) is 56.6 Å². The third-order valence-corrected chi connectivity index (χ3v) is 4.97. The number of hydrogen-bond donors (Lipinski definition) is 4. The molecule has 0 spiro atoms. The van der Waals surface area contributed by atoms with Crippen LogP contribution in [0.25, 0.3) is 11.0 Å². The number of thioether (sulfide) groups is 1. The molecule has 0 saturated carbocycles. The molecular formula is C17H15BrN4O3S. The number of fused-ring (bicyclic) bond motifs is 1. The summed E-state index contributed by atoms with van der Waals surface area (Å²) in [5, 5.41) is 5.26. The predicted molar refractivity (Wildman–Crippen MR) is 105 cm³/mol. The number of carbonyl (C=O) groups is 2. The van der Waals surface area contributed by atoms with Gasteiger partial charge >= 0.3 is 5.69 Å². The summed E-state index contributed by atoms with van der Waals surface area (Å²) < 4.78 is 0.977. The fourth-order valence-electron chi connectivity index (χ4n) is 2.23. The van der Waals surface area contributed by atoms with Crippen molar-refractivity contribution in [3.05, 3.63) is 57.4 Å². The minimum atomic E-state index is -0.343. The van der Waals surface area contributed by atoms with Gasteiger partial charge in [0.25, 0.3) is 0 Å². The monoisotopic (exact) mass is 434 g/mol. The summed E-state index contributed by atoms with van der Waals surface area (Å²) in [6, 6.07) is 12.7. The average Bonchev–Trinajstić information content (AvgIpc) is 2.99. The molecule has 0 aliphatic rings. The van der Waals surface area contributed by atoms with Gasteiger partial charge in [0.05, 0.1) is 23.3 Å². The minimum absolute atomic E-state index is 0.124. The second-order valence-electron chi connectivity index (χ2n) is 5.41. The first-order chi connectivity index (χ1) is 12.5. The molecule has 0 saturated heterocycles. The molecule has 4 N–H and O–H groups in total. The van der Waals surface area contributed by atoms with E-state index in [0.29, 0.717) is 16.7 Å². The second-order valence-corrected chi connectivity index (χ2v) is 7.37. The minimum Gasteiger partial charge on any atom is -0.346 e. The Bertz CT molecular complexity index is 997. The van der Waals surface area contributed by atoms with Gasteiger partial charge in [-0.3, -0.25) is 9.59 Å². The van der Waals surface area contributed by atoms with Gasteiger partial charge in [-0.25, -0.2) is 4.79 Å². The van der Waals surface area contributed by atoms with Crippen LogP contribution in [0.3, 0.4) is 0 Å². The van der Waals surface area contributed by atoms with E-state index in [4.69, 9.17) is 0 Å². The van der Waals surface area contributed by atoms with E-state index in [2.05, 4.69) is 36.5 Å². The van der Waals surface area contributed by atoms with E-state index in [-0.39, 0.29) is 29.8 Å². The highest BCUT2D eigenvalue weighted by molar-refractivity contribution is 9.10. The molecule has 7 nitrogen and oxygen atoms in total. The topological polar surface area (TPSA) is 107 Å². The molecule has 1 heterocycles. The van der Waals surface area contributed by atoms with Crippen molar-refractivity contribution in [2.75, 3.05) is 17.6 Å². The standard InChI is InChI=1S/C17H15BrN4O3S/c18-10-1-4-12(5-2-10)26-9-16(24)19-8-15(23)20-11-3-6-13-14(7-11)22-17(25)21-13/h1-7H,8-9H2,(H,19,24)(H,20,23)(H2,21,22,25). The number of amides is 2. The molecule has 3 rings (SSSR count). The molecule has 0 unspecified atom stereocenters. The third kappa shape index (κ3) is 4.99. The first kappa shape index (κ1) is 18.3. The van der Waals surface area contributed by atoms with E-state index < -0.39 is 0 Å². The number of imidazole rings is 1. The van der Waals surface area contributed by atoms with Gasteiger partial charge in [0.1, 0.15) is 0 Å². The lowest BCUT2D eigenvalue weighted by Crippen LogP contribution is -2.33. The van der Waals surface area contributed by atoms with Crippen molar-refractivity contribution in [1.29, 1.82) is 0 Å². The van der Waals surface area contributed by atoms with E-state index in [0.717, 1.165) is 9.37 Å². The van der Waals surface area contributed by atoms with E-state index in [1.165, 1.54) is 11.8 Å². The van der Waals surface area contributed by atoms with Gasteiger partial charge in [0, 0.05) is 15.1 Å². The smallest absolute Gasteiger partial charge is 0.323 e. The molecule has 26 heavy (non-hydrogen) atoms. The molecule has 1 aromatic heterocycles. The fourth-order valence-corrected chi connectivity index (χ4v) is 3.22. The van der Waals surface area contributed by atoms with Crippen molar-refractivity contribution in [1.82, 2.24) is 15.3 Å². The van der Waals surface area contributed by atoms with Gasteiger partial charge in [-0.05, 0) is 42.5 Å². The van der Waals surface area contributed by atoms with Crippen molar-refractivity contribution in [2.24, 2.45) is 0 Å². The van der Waals surface area contributed by atoms with Crippen LogP contribution in [0, 0.1) is 0 Å². The summed E-state index contributed by atoms with van der Waals surface area (Å²) >= 11 is 4.75.